The number of hydrogen-bond acceptors (Lipinski definition) is 8. The van der Waals surface area contributed by atoms with E-state index in [9.17, 15) is 18.3 Å². The van der Waals surface area contributed by atoms with Gasteiger partial charge < -0.3 is 20.5 Å². The van der Waals surface area contributed by atoms with Crippen molar-refractivity contribution in [3.05, 3.63) is 30.4 Å². The smallest absolute Gasteiger partial charge is 0.422 e. The van der Waals surface area contributed by atoms with Gasteiger partial charge in [0.25, 0.3) is 0 Å². The molecule has 2 atom stereocenters. The fraction of sp³-hybridized carbons (Fsp3) is 0.474. The van der Waals surface area contributed by atoms with Gasteiger partial charge in [-0.25, -0.2) is 14.5 Å². The van der Waals surface area contributed by atoms with Gasteiger partial charge in [-0.2, -0.15) is 18.3 Å². The van der Waals surface area contributed by atoms with Crippen LogP contribution < -0.4 is 15.4 Å². The van der Waals surface area contributed by atoms with Crippen LogP contribution in [0.1, 0.15) is 25.5 Å². The molecular formula is C19H22F3N7O2. The standard InChI is InChI=1S/C19H22F3N7O2/c1-18(30,19(20,21)22)17-14(31-2)6-16-25-9-13(29(16)28-17)12-8-24-10-15(27-12)26-11-4-3-5-23-7-11/h6,8-11,23,30H,3-5,7H2,1-2H3,(H,26,27)/t11-,18?/m1/s1. The van der Waals surface area contributed by atoms with E-state index in [1.807, 2.05) is 0 Å². The van der Waals surface area contributed by atoms with Crippen molar-refractivity contribution in [2.24, 2.45) is 0 Å². The summed E-state index contributed by atoms with van der Waals surface area (Å²) in [6, 6.07) is 1.49. The maximum Gasteiger partial charge on any atom is 0.422 e. The molecule has 9 nitrogen and oxygen atoms in total. The summed E-state index contributed by atoms with van der Waals surface area (Å²) in [7, 11) is 1.20. The number of halogens is 3. The quantitative estimate of drug-likeness (QED) is 0.557. The minimum atomic E-state index is -4.96. The monoisotopic (exact) mass is 437 g/mol. The van der Waals surface area contributed by atoms with Gasteiger partial charge in [-0.15, -0.1) is 0 Å². The van der Waals surface area contributed by atoms with Crippen molar-refractivity contribution in [1.29, 1.82) is 0 Å². The molecule has 1 unspecified atom stereocenters. The van der Waals surface area contributed by atoms with E-state index < -0.39 is 17.5 Å². The van der Waals surface area contributed by atoms with Gasteiger partial charge in [0.2, 0.25) is 5.60 Å². The molecule has 1 aliphatic rings. The molecular weight excluding hydrogens is 415 g/mol. The highest BCUT2D eigenvalue weighted by Gasteiger charge is 2.54. The zero-order valence-corrected chi connectivity index (χ0v) is 16.9. The maximum absolute atomic E-state index is 13.5. The zero-order chi connectivity index (χ0) is 22.2. The van der Waals surface area contributed by atoms with E-state index >= 15 is 0 Å². The number of imidazole rings is 1. The van der Waals surface area contributed by atoms with Crippen LogP contribution in [0, 0.1) is 0 Å². The number of ether oxygens (including phenoxy) is 1. The van der Waals surface area contributed by atoms with Crippen LogP contribution in [-0.2, 0) is 5.60 Å². The minimum Gasteiger partial charge on any atom is -0.495 e. The lowest BCUT2D eigenvalue weighted by atomic mass is 10.0. The van der Waals surface area contributed by atoms with E-state index in [-0.39, 0.29) is 17.4 Å². The van der Waals surface area contributed by atoms with Crippen molar-refractivity contribution in [3.63, 3.8) is 0 Å². The van der Waals surface area contributed by atoms with Crippen molar-refractivity contribution in [1.82, 2.24) is 29.9 Å². The van der Waals surface area contributed by atoms with Crippen LogP contribution in [0.25, 0.3) is 17.0 Å². The highest BCUT2D eigenvalue weighted by molar-refractivity contribution is 5.61. The van der Waals surface area contributed by atoms with Gasteiger partial charge in [-0.1, -0.05) is 0 Å². The molecule has 4 heterocycles. The van der Waals surface area contributed by atoms with Crippen LogP contribution in [0.15, 0.2) is 24.7 Å². The lowest BCUT2D eigenvalue weighted by Gasteiger charge is -2.26. The zero-order valence-electron chi connectivity index (χ0n) is 16.9. The molecule has 12 heteroatoms. The molecule has 0 radical (unpaired) electrons. The van der Waals surface area contributed by atoms with E-state index in [1.165, 1.54) is 30.1 Å². The molecule has 1 aliphatic heterocycles. The first-order valence-electron chi connectivity index (χ1n) is 9.72. The number of alkyl halides is 3. The SMILES string of the molecule is COc1cc2ncc(-c3cncc(N[C@@H]4CCCNC4)n3)n2nc1C(C)(O)C(F)(F)F. The highest BCUT2D eigenvalue weighted by Crippen LogP contribution is 2.41. The van der Waals surface area contributed by atoms with Crippen LogP contribution in [0.3, 0.4) is 0 Å². The Hall–Kier alpha value is -2.99. The Balaban J connectivity index is 1.75. The van der Waals surface area contributed by atoms with E-state index in [1.54, 1.807) is 6.20 Å². The second-order valence-corrected chi connectivity index (χ2v) is 7.52. The first kappa shape index (κ1) is 21.2. The number of anilines is 1. The average molecular weight is 437 g/mol. The molecule has 1 saturated heterocycles. The first-order chi connectivity index (χ1) is 14.7. The van der Waals surface area contributed by atoms with Gasteiger partial charge in [0.15, 0.2) is 5.65 Å². The van der Waals surface area contributed by atoms with Crippen molar-refractivity contribution in [2.75, 3.05) is 25.5 Å². The molecule has 3 aromatic heterocycles. The molecule has 3 aromatic rings. The van der Waals surface area contributed by atoms with E-state index in [0.29, 0.717) is 24.1 Å². The Morgan fingerprint density at radius 3 is 2.77 bits per heavy atom. The van der Waals surface area contributed by atoms with Crippen LogP contribution in [0.4, 0.5) is 19.0 Å². The number of rotatable bonds is 5. The predicted octanol–water partition coefficient (Wildman–Crippen LogP) is 2.13. The molecule has 0 bridgehead atoms. The lowest BCUT2D eigenvalue weighted by molar-refractivity contribution is -0.261. The molecule has 31 heavy (non-hydrogen) atoms. The van der Waals surface area contributed by atoms with Gasteiger partial charge in [0, 0.05) is 18.7 Å². The van der Waals surface area contributed by atoms with Gasteiger partial charge in [-0.05, 0) is 26.3 Å². The van der Waals surface area contributed by atoms with Crippen molar-refractivity contribution >= 4 is 11.5 Å². The summed E-state index contributed by atoms with van der Waals surface area (Å²) < 4.78 is 46.6. The summed E-state index contributed by atoms with van der Waals surface area (Å²) in [5.41, 5.74) is -2.96. The van der Waals surface area contributed by atoms with Gasteiger partial charge >= 0.3 is 6.18 Å². The predicted molar refractivity (Wildman–Crippen MR) is 106 cm³/mol. The van der Waals surface area contributed by atoms with Crippen molar-refractivity contribution in [2.45, 2.75) is 37.6 Å². The number of methoxy groups -OCH3 is 1. The van der Waals surface area contributed by atoms with Crippen LogP contribution in [-0.4, -0.2) is 62.1 Å². The number of piperidine rings is 1. The lowest BCUT2D eigenvalue weighted by Crippen LogP contribution is -2.40. The normalized spacial score (nSPS) is 19.2. The number of nitrogens with zero attached hydrogens (tertiary/aromatic N) is 5. The summed E-state index contributed by atoms with van der Waals surface area (Å²) in [5.74, 6) is 0.315. The van der Waals surface area contributed by atoms with E-state index in [4.69, 9.17) is 4.74 Å². The Kier molecular flexibility index (Phi) is 5.43. The molecule has 4 rings (SSSR count). The summed E-state index contributed by atoms with van der Waals surface area (Å²) >= 11 is 0. The second-order valence-electron chi connectivity index (χ2n) is 7.52. The van der Waals surface area contributed by atoms with Crippen molar-refractivity contribution in [3.8, 4) is 17.1 Å². The van der Waals surface area contributed by atoms with E-state index in [0.717, 1.165) is 25.9 Å². The summed E-state index contributed by atoms with van der Waals surface area (Å²) in [5, 5.41) is 20.8. The largest absolute Gasteiger partial charge is 0.495 e. The highest BCUT2D eigenvalue weighted by atomic mass is 19.4. The molecule has 0 aliphatic carbocycles. The number of aromatic nitrogens is 5. The Bertz CT molecular complexity index is 1080. The van der Waals surface area contributed by atoms with Gasteiger partial charge in [0.05, 0.1) is 25.7 Å². The van der Waals surface area contributed by atoms with Crippen LogP contribution >= 0.6 is 0 Å². The Morgan fingerprint density at radius 2 is 2.10 bits per heavy atom. The van der Waals surface area contributed by atoms with Gasteiger partial charge in [0.1, 0.15) is 28.6 Å². The van der Waals surface area contributed by atoms with Gasteiger partial charge in [-0.3, -0.25) is 4.98 Å². The van der Waals surface area contributed by atoms with Crippen LogP contribution in [0.5, 0.6) is 5.75 Å². The van der Waals surface area contributed by atoms with Crippen LogP contribution in [0.2, 0.25) is 0 Å². The Morgan fingerprint density at radius 1 is 1.29 bits per heavy atom. The van der Waals surface area contributed by atoms with E-state index in [2.05, 4.69) is 30.7 Å². The number of fused-ring (bicyclic) bond motifs is 1. The maximum atomic E-state index is 13.5. The summed E-state index contributed by atoms with van der Waals surface area (Å²) in [6.07, 6.45) is 1.57. The second kappa shape index (κ2) is 7.93. The molecule has 1 fully saturated rings. The molecule has 0 amide bonds. The fourth-order valence-electron chi connectivity index (χ4n) is 3.44. The molecule has 0 spiro atoms. The molecule has 166 valence electrons. The fourth-order valence-corrected chi connectivity index (χ4v) is 3.44. The third-order valence-electron chi connectivity index (χ3n) is 5.24. The topological polar surface area (TPSA) is 109 Å². The summed E-state index contributed by atoms with van der Waals surface area (Å²) in [6.45, 7) is 2.41. The molecule has 0 aromatic carbocycles. The first-order valence-corrected chi connectivity index (χ1v) is 9.72. The third-order valence-corrected chi connectivity index (χ3v) is 5.24. The molecule has 0 saturated carbocycles. The third kappa shape index (κ3) is 4.00. The minimum absolute atomic E-state index is 0.205. The Labute approximate surface area is 175 Å². The van der Waals surface area contributed by atoms with Crippen molar-refractivity contribution < 1.29 is 23.0 Å². The number of nitrogens with one attached hydrogen (secondary N) is 2. The average Bonchev–Trinajstić information content (AvgIpc) is 3.16. The number of aliphatic hydroxyl groups is 1. The molecule has 3 N–H and O–H groups in total. The number of hydrogen-bond donors (Lipinski definition) is 3. The summed E-state index contributed by atoms with van der Waals surface area (Å²) in [4.78, 5) is 12.9.